The van der Waals surface area contributed by atoms with Gasteiger partial charge in [0.2, 0.25) is 5.95 Å². The third kappa shape index (κ3) is 2.51. The second kappa shape index (κ2) is 5.58. The molecule has 3 heterocycles. The standard InChI is InChI=1S/C14H20N6/c1-10-4-3-7-16-12(10)13-17-14(19-18-13)20-8-5-11(15-2)6-9-20/h3-4,7,11,15H,5-6,8-9H2,1-2H3,(H,17,18,19). The highest BCUT2D eigenvalue weighted by Crippen LogP contribution is 2.21. The molecule has 1 aliphatic heterocycles. The first-order chi connectivity index (χ1) is 9.78. The van der Waals surface area contributed by atoms with Gasteiger partial charge in [0.05, 0.1) is 0 Å². The molecule has 2 N–H and O–H groups in total. The highest BCUT2D eigenvalue weighted by atomic mass is 15.4. The molecular weight excluding hydrogens is 252 g/mol. The maximum Gasteiger partial charge on any atom is 0.245 e. The van der Waals surface area contributed by atoms with Gasteiger partial charge >= 0.3 is 0 Å². The molecular formula is C14H20N6. The van der Waals surface area contributed by atoms with Crippen LogP contribution in [0.15, 0.2) is 18.3 Å². The number of hydrogen-bond acceptors (Lipinski definition) is 5. The van der Waals surface area contributed by atoms with Crippen LogP contribution in [0.1, 0.15) is 18.4 Å². The van der Waals surface area contributed by atoms with Crippen molar-refractivity contribution in [2.24, 2.45) is 0 Å². The van der Waals surface area contributed by atoms with Gasteiger partial charge in [-0.3, -0.25) is 10.1 Å². The number of piperidine rings is 1. The lowest BCUT2D eigenvalue weighted by Gasteiger charge is -2.30. The van der Waals surface area contributed by atoms with Gasteiger partial charge in [-0.15, -0.1) is 5.10 Å². The van der Waals surface area contributed by atoms with Gasteiger partial charge in [-0.25, -0.2) is 0 Å². The van der Waals surface area contributed by atoms with Gasteiger partial charge in [-0.1, -0.05) is 6.07 Å². The highest BCUT2D eigenvalue weighted by molar-refractivity contribution is 5.55. The van der Waals surface area contributed by atoms with Crippen LogP contribution in [0.5, 0.6) is 0 Å². The SMILES string of the molecule is CNC1CCN(c2n[nH]c(-c3ncccc3C)n2)CC1. The van der Waals surface area contributed by atoms with Crippen molar-refractivity contribution in [3.05, 3.63) is 23.9 Å². The van der Waals surface area contributed by atoms with Crippen LogP contribution in [0.3, 0.4) is 0 Å². The fourth-order valence-corrected chi connectivity index (χ4v) is 2.60. The van der Waals surface area contributed by atoms with Crippen molar-refractivity contribution in [3.63, 3.8) is 0 Å². The van der Waals surface area contributed by atoms with E-state index >= 15 is 0 Å². The quantitative estimate of drug-likeness (QED) is 0.883. The van der Waals surface area contributed by atoms with Crippen molar-refractivity contribution in [3.8, 4) is 11.5 Å². The molecule has 6 heteroatoms. The van der Waals surface area contributed by atoms with Crippen molar-refractivity contribution in [1.82, 2.24) is 25.5 Å². The van der Waals surface area contributed by atoms with Crippen molar-refractivity contribution >= 4 is 5.95 Å². The average Bonchev–Trinajstić information content (AvgIpc) is 2.97. The third-order valence-electron chi connectivity index (χ3n) is 3.89. The van der Waals surface area contributed by atoms with E-state index in [0.29, 0.717) is 6.04 Å². The van der Waals surface area contributed by atoms with E-state index in [0.717, 1.165) is 49.0 Å². The van der Waals surface area contributed by atoms with Crippen LogP contribution in [0, 0.1) is 6.92 Å². The van der Waals surface area contributed by atoms with Crippen LogP contribution in [0.4, 0.5) is 5.95 Å². The molecule has 0 radical (unpaired) electrons. The van der Waals surface area contributed by atoms with Crippen LogP contribution in [-0.4, -0.2) is 46.3 Å². The minimum Gasteiger partial charge on any atom is -0.339 e. The molecule has 1 saturated heterocycles. The van der Waals surface area contributed by atoms with Crippen molar-refractivity contribution in [2.75, 3.05) is 25.0 Å². The first kappa shape index (κ1) is 13.1. The topological polar surface area (TPSA) is 69.7 Å². The normalized spacial score (nSPS) is 16.6. The summed E-state index contributed by atoms with van der Waals surface area (Å²) in [6, 6.07) is 4.57. The molecule has 3 rings (SSSR count). The molecule has 0 unspecified atom stereocenters. The van der Waals surface area contributed by atoms with Crippen LogP contribution in [0.2, 0.25) is 0 Å². The van der Waals surface area contributed by atoms with Crippen LogP contribution in [0.25, 0.3) is 11.5 Å². The molecule has 0 aromatic carbocycles. The van der Waals surface area contributed by atoms with Crippen molar-refractivity contribution < 1.29 is 0 Å². The predicted molar refractivity (Wildman–Crippen MR) is 78.6 cm³/mol. The smallest absolute Gasteiger partial charge is 0.245 e. The maximum absolute atomic E-state index is 4.59. The number of H-pyrrole nitrogens is 1. The molecule has 0 bridgehead atoms. The Kier molecular flexibility index (Phi) is 3.64. The largest absolute Gasteiger partial charge is 0.339 e. The second-order valence-electron chi connectivity index (χ2n) is 5.20. The Morgan fingerprint density at radius 1 is 1.35 bits per heavy atom. The Balaban J connectivity index is 1.76. The van der Waals surface area contributed by atoms with Crippen LogP contribution < -0.4 is 10.2 Å². The molecule has 2 aromatic heterocycles. The van der Waals surface area contributed by atoms with E-state index in [4.69, 9.17) is 0 Å². The zero-order valence-electron chi connectivity index (χ0n) is 11.9. The monoisotopic (exact) mass is 272 g/mol. The van der Waals surface area contributed by atoms with Crippen LogP contribution >= 0.6 is 0 Å². The molecule has 6 nitrogen and oxygen atoms in total. The minimum absolute atomic E-state index is 0.614. The van der Waals surface area contributed by atoms with Gasteiger partial charge in [0.25, 0.3) is 0 Å². The Labute approximate surface area is 118 Å². The summed E-state index contributed by atoms with van der Waals surface area (Å²) in [6.45, 7) is 4.01. The zero-order valence-corrected chi connectivity index (χ0v) is 11.9. The Bertz CT molecular complexity index is 571. The van der Waals surface area contributed by atoms with Crippen molar-refractivity contribution in [1.29, 1.82) is 0 Å². The number of aromatic amines is 1. The number of nitrogens with one attached hydrogen (secondary N) is 2. The zero-order chi connectivity index (χ0) is 13.9. The van der Waals surface area contributed by atoms with Gasteiger partial charge in [0.1, 0.15) is 5.69 Å². The fourth-order valence-electron chi connectivity index (χ4n) is 2.60. The lowest BCUT2D eigenvalue weighted by Crippen LogP contribution is -2.41. The molecule has 0 saturated carbocycles. The van der Waals surface area contributed by atoms with E-state index in [1.54, 1.807) is 6.20 Å². The summed E-state index contributed by atoms with van der Waals surface area (Å²) >= 11 is 0. The summed E-state index contributed by atoms with van der Waals surface area (Å²) in [7, 11) is 2.02. The predicted octanol–water partition coefficient (Wildman–Crippen LogP) is 1.36. The minimum atomic E-state index is 0.614. The number of aromatic nitrogens is 4. The third-order valence-corrected chi connectivity index (χ3v) is 3.89. The number of rotatable bonds is 3. The summed E-state index contributed by atoms with van der Waals surface area (Å²) < 4.78 is 0. The van der Waals surface area contributed by atoms with Crippen molar-refractivity contribution in [2.45, 2.75) is 25.8 Å². The molecule has 0 spiro atoms. The Hall–Kier alpha value is -1.95. The highest BCUT2D eigenvalue weighted by Gasteiger charge is 2.21. The molecule has 20 heavy (non-hydrogen) atoms. The van der Waals surface area contributed by atoms with Gasteiger partial charge < -0.3 is 10.2 Å². The Morgan fingerprint density at radius 3 is 2.85 bits per heavy atom. The molecule has 0 amide bonds. The number of pyridine rings is 1. The molecule has 0 aliphatic carbocycles. The Morgan fingerprint density at radius 2 is 2.15 bits per heavy atom. The van der Waals surface area contributed by atoms with E-state index in [9.17, 15) is 0 Å². The summed E-state index contributed by atoms with van der Waals surface area (Å²) in [4.78, 5) is 11.2. The van der Waals surface area contributed by atoms with Gasteiger partial charge in [0.15, 0.2) is 5.82 Å². The van der Waals surface area contributed by atoms with Crippen LogP contribution in [-0.2, 0) is 0 Å². The first-order valence-corrected chi connectivity index (χ1v) is 7.04. The van der Waals surface area contributed by atoms with Gasteiger partial charge in [0, 0.05) is 25.3 Å². The van der Waals surface area contributed by atoms with Gasteiger partial charge in [-0.05, 0) is 38.4 Å². The summed E-state index contributed by atoms with van der Waals surface area (Å²) in [5.41, 5.74) is 1.97. The number of anilines is 1. The summed E-state index contributed by atoms with van der Waals surface area (Å²) in [5.74, 6) is 1.52. The summed E-state index contributed by atoms with van der Waals surface area (Å²) in [5, 5.41) is 10.7. The maximum atomic E-state index is 4.59. The number of hydrogen-bond donors (Lipinski definition) is 2. The number of aryl methyl sites for hydroxylation is 1. The van der Waals surface area contributed by atoms with E-state index < -0.39 is 0 Å². The molecule has 0 atom stereocenters. The van der Waals surface area contributed by atoms with Gasteiger partial charge in [-0.2, -0.15) is 4.98 Å². The fraction of sp³-hybridized carbons (Fsp3) is 0.500. The first-order valence-electron chi connectivity index (χ1n) is 7.04. The molecule has 106 valence electrons. The van der Waals surface area contributed by atoms with E-state index in [2.05, 4.69) is 30.4 Å². The van der Waals surface area contributed by atoms with E-state index in [1.165, 1.54) is 0 Å². The molecule has 1 aliphatic rings. The molecule has 2 aromatic rings. The van der Waals surface area contributed by atoms with E-state index in [1.807, 2.05) is 26.1 Å². The lowest BCUT2D eigenvalue weighted by molar-refractivity contribution is 0.439. The molecule has 1 fully saturated rings. The average molecular weight is 272 g/mol. The van der Waals surface area contributed by atoms with E-state index in [-0.39, 0.29) is 0 Å². The summed E-state index contributed by atoms with van der Waals surface area (Å²) in [6.07, 6.45) is 4.04. The number of nitrogens with zero attached hydrogens (tertiary/aromatic N) is 4. The second-order valence-corrected chi connectivity index (χ2v) is 5.20. The lowest BCUT2D eigenvalue weighted by atomic mass is 10.1.